The van der Waals surface area contributed by atoms with Gasteiger partial charge in [0.2, 0.25) is 0 Å². The molecule has 0 bridgehead atoms. The summed E-state index contributed by atoms with van der Waals surface area (Å²) in [7, 11) is 0. The zero-order valence-electron chi connectivity index (χ0n) is 10.7. The predicted molar refractivity (Wildman–Crippen MR) is 79.4 cm³/mol. The van der Waals surface area contributed by atoms with Crippen LogP contribution in [0, 0.1) is 11.6 Å². The van der Waals surface area contributed by atoms with Gasteiger partial charge in [0.05, 0.1) is 0 Å². The number of fused-ring (bicyclic) bond motifs is 1. The fourth-order valence-electron chi connectivity index (χ4n) is 2.24. The average molecular weight is 353 g/mol. The first-order valence-corrected chi connectivity index (χ1v) is 6.98. The average Bonchev–Trinajstić information content (AvgIpc) is 2.84. The highest BCUT2D eigenvalue weighted by Crippen LogP contribution is 2.32. The SMILES string of the molecule is NNC(c1cc2cc(F)ccc2o1)c1ccc(F)cc1Br. The minimum atomic E-state index is -0.476. The van der Waals surface area contributed by atoms with Gasteiger partial charge in [0, 0.05) is 9.86 Å². The molecule has 3 rings (SSSR count). The van der Waals surface area contributed by atoms with Crippen molar-refractivity contribution in [3.05, 3.63) is 69.9 Å². The maximum atomic E-state index is 13.2. The molecular weight excluding hydrogens is 342 g/mol. The van der Waals surface area contributed by atoms with Crippen molar-refractivity contribution in [3.63, 3.8) is 0 Å². The molecule has 3 N–H and O–H groups in total. The molecule has 0 saturated carbocycles. The summed E-state index contributed by atoms with van der Waals surface area (Å²) in [5.74, 6) is 5.42. The predicted octanol–water partition coefficient (Wildman–Crippen LogP) is 4.03. The number of hydrogen-bond acceptors (Lipinski definition) is 3. The summed E-state index contributed by atoms with van der Waals surface area (Å²) >= 11 is 3.30. The van der Waals surface area contributed by atoms with Gasteiger partial charge in [-0.3, -0.25) is 5.84 Å². The van der Waals surface area contributed by atoms with Crippen LogP contribution in [0.3, 0.4) is 0 Å². The van der Waals surface area contributed by atoms with Crippen molar-refractivity contribution in [2.75, 3.05) is 0 Å². The summed E-state index contributed by atoms with van der Waals surface area (Å²) in [5, 5.41) is 0.642. The molecule has 0 radical (unpaired) electrons. The lowest BCUT2D eigenvalue weighted by Gasteiger charge is -2.15. The normalized spacial score (nSPS) is 12.8. The van der Waals surface area contributed by atoms with E-state index in [0.29, 0.717) is 21.2 Å². The van der Waals surface area contributed by atoms with Crippen LogP contribution < -0.4 is 11.3 Å². The van der Waals surface area contributed by atoms with Gasteiger partial charge in [-0.15, -0.1) is 0 Å². The third kappa shape index (κ3) is 2.70. The summed E-state index contributed by atoms with van der Waals surface area (Å²) < 4.78 is 32.7. The molecule has 0 aliphatic rings. The molecule has 1 aromatic heterocycles. The molecule has 3 aromatic rings. The number of hydrogen-bond donors (Lipinski definition) is 2. The van der Waals surface area contributed by atoms with Crippen LogP contribution in [0.4, 0.5) is 8.78 Å². The molecular formula is C15H11BrF2N2O. The molecule has 108 valence electrons. The van der Waals surface area contributed by atoms with E-state index in [2.05, 4.69) is 21.4 Å². The fourth-order valence-corrected chi connectivity index (χ4v) is 2.82. The van der Waals surface area contributed by atoms with Crippen LogP contribution in [0.25, 0.3) is 11.0 Å². The van der Waals surface area contributed by atoms with Crippen molar-refractivity contribution in [1.82, 2.24) is 5.43 Å². The van der Waals surface area contributed by atoms with E-state index in [9.17, 15) is 8.78 Å². The maximum Gasteiger partial charge on any atom is 0.134 e. The van der Waals surface area contributed by atoms with Gasteiger partial charge in [-0.25, -0.2) is 14.2 Å². The number of nitrogens with one attached hydrogen (secondary N) is 1. The third-order valence-electron chi connectivity index (χ3n) is 3.22. The number of furan rings is 1. The molecule has 3 nitrogen and oxygen atoms in total. The third-order valence-corrected chi connectivity index (χ3v) is 3.91. The Morgan fingerprint density at radius 3 is 2.48 bits per heavy atom. The van der Waals surface area contributed by atoms with Crippen LogP contribution in [-0.4, -0.2) is 0 Å². The van der Waals surface area contributed by atoms with Crippen LogP contribution >= 0.6 is 15.9 Å². The van der Waals surface area contributed by atoms with Crippen molar-refractivity contribution in [1.29, 1.82) is 0 Å². The van der Waals surface area contributed by atoms with Crippen molar-refractivity contribution >= 4 is 26.9 Å². The molecule has 1 heterocycles. The quantitative estimate of drug-likeness (QED) is 0.552. The smallest absolute Gasteiger partial charge is 0.134 e. The first kappa shape index (κ1) is 14.2. The van der Waals surface area contributed by atoms with Gasteiger partial charge in [-0.1, -0.05) is 22.0 Å². The second-order valence-corrected chi connectivity index (χ2v) is 5.45. The molecule has 0 saturated heterocycles. The van der Waals surface area contributed by atoms with Crippen LogP contribution in [0.2, 0.25) is 0 Å². The van der Waals surface area contributed by atoms with Crippen LogP contribution in [0.1, 0.15) is 17.4 Å². The van der Waals surface area contributed by atoms with Gasteiger partial charge in [0.25, 0.3) is 0 Å². The molecule has 0 aliphatic carbocycles. The van der Waals surface area contributed by atoms with Crippen LogP contribution in [0.15, 0.2) is 51.4 Å². The Morgan fingerprint density at radius 1 is 1.05 bits per heavy atom. The number of rotatable bonds is 3. The van der Waals surface area contributed by atoms with E-state index >= 15 is 0 Å². The standard InChI is InChI=1S/C15H11BrF2N2O/c16-12-7-10(18)1-3-11(12)15(20-19)14-6-8-5-9(17)2-4-13(8)21-14/h1-7,15,20H,19H2. The summed E-state index contributed by atoms with van der Waals surface area (Å²) in [6.45, 7) is 0. The van der Waals surface area contributed by atoms with Crippen molar-refractivity contribution in [3.8, 4) is 0 Å². The number of benzene rings is 2. The first-order chi connectivity index (χ1) is 10.1. The molecule has 21 heavy (non-hydrogen) atoms. The minimum Gasteiger partial charge on any atom is -0.459 e. The van der Waals surface area contributed by atoms with Gasteiger partial charge >= 0.3 is 0 Å². The Kier molecular flexibility index (Phi) is 3.75. The zero-order valence-corrected chi connectivity index (χ0v) is 12.3. The van der Waals surface area contributed by atoms with E-state index in [-0.39, 0.29) is 11.6 Å². The Morgan fingerprint density at radius 2 is 1.76 bits per heavy atom. The molecule has 2 aromatic carbocycles. The van der Waals surface area contributed by atoms with E-state index in [4.69, 9.17) is 10.3 Å². The Labute approximate surface area is 127 Å². The lowest BCUT2D eigenvalue weighted by Crippen LogP contribution is -2.28. The van der Waals surface area contributed by atoms with Crippen molar-refractivity contribution < 1.29 is 13.2 Å². The highest BCUT2D eigenvalue weighted by atomic mass is 79.9. The molecule has 0 fully saturated rings. The molecule has 0 spiro atoms. The summed E-state index contributed by atoms with van der Waals surface area (Å²) in [6, 6.07) is 9.80. The van der Waals surface area contributed by atoms with E-state index in [1.165, 1.54) is 24.3 Å². The molecule has 0 amide bonds. The topological polar surface area (TPSA) is 51.2 Å². The highest BCUT2D eigenvalue weighted by molar-refractivity contribution is 9.10. The van der Waals surface area contributed by atoms with Gasteiger partial charge in [0.15, 0.2) is 0 Å². The van der Waals surface area contributed by atoms with E-state index in [1.54, 1.807) is 18.2 Å². The Hall–Kier alpha value is -1.76. The van der Waals surface area contributed by atoms with Gasteiger partial charge in [-0.2, -0.15) is 0 Å². The molecule has 6 heteroatoms. The van der Waals surface area contributed by atoms with Crippen LogP contribution in [0.5, 0.6) is 0 Å². The Balaban J connectivity index is 2.09. The molecule has 0 aliphatic heterocycles. The van der Waals surface area contributed by atoms with Gasteiger partial charge in [0.1, 0.15) is 29.0 Å². The molecule has 1 unspecified atom stereocenters. The van der Waals surface area contributed by atoms with Crippen molar-refractivity contribution in [2.45, 2.75) is 6.04 Å². The molecule has 1 atom stereocenters. The largest absolute Gasteiger partial charge is 0.459 e. The summed E-state index contributed by atoms with van der Waals surface area (Å²) in [6.07, 6.45) is 0. The van der Waals surface area contributed by atoms with E-state index in [1.807, 2.05) is 0 Å². The number of hydrazine groups is 1. The van der Waals surface area contributed by atoms with E-state index in [0.717, 1.165) is 5.56 Å². The lowest BCUT2D eigenvalue weighted by molar-refractivity contribution is 0.475. The van der Waals surface area contributed by atoms with Crippen molar-refractivity contribution in [2.24, 2.45) is 5.84 Å². The van der Waals surface area contributed by atoms with Gasteiger partial charge in [-0.05, 0) is 42.0 Å². The lowest BCUT2D eigenvalue weighted by atomic mass is 10.0. The fraction of sp³-hybridized carbons (Fsp3) is 0.0667. The summed E-state index contributed by atoms with van der Waals surface area (Å²) in [4.78, 5) is 0. The van der Waals surface area contributed by atoms with Gasteiger partial charge < -0.3 is 4.42 Å². The minimum absolute atomic E-state index is 0.338. The second kappa shape index (κ2) is 5.55. The zero-order chi connectivity index (χ0) is 15.0. The number of halogens is 3. The monoisotopic (exact) mass is 352 g/mol. The highest BCUT2D eigenvalue weighted by Gasteiger charge is 2.20. The maximum absolute atomic E-state index is 13.2. The second-order valence-electron chi connectivity index (χ2n) is 4.60. The number of nitrogens with two attached hydrogens (primary N) is 1. The Bertz CT molecular complexity index is 803. The van der Waals surface area contributed by atoms with Crippen LogP contribution in [-0.2, 0) is 0 Å². The van der Waals surface area contributed by atoms with E-state index < -0.39 is 6.04 Å². The first-order valence-electron chi connectivity index (χ1n) is 6.18. The summed E-state index contributed by atoms with van der Waals surface area (Å²) in [5.41, 5.74) is 3.91.